The van der Waals surface area contributed by atoms with Crippen LogP contribution in [0.15, 0.2) is 47.5 Å². The lowest BCUT2D eigenvalue weighted by atomic mass is 9.96. The van der Waals surface area contributed by atoms with E-state index in [1.165, 1.54) is 6.07 Å². The molecule has 0 radical (unpaired) electrons. The minimum absolute atomic E-state index is 0.0936. The summed E-state index contributed by atoms with van der Waals surface area (Å²) < 4.78 is 3.57. The largest absolute Gasteiger partial charge is 0.338 e. The molecule has 3 aromatic rings. The first-order valence-corrected chi connectivity index (χ1v) is 8.97. The summed E-state index contributed by atoms with van der Waals surface area (Å²) in [6.45, 7) is 3.79. The van der Waals surface area contributed by atoms with Crippen molar-refractivity contribution in [2.45, 2.75) is 32.2 Å². The van der Waals surface area contributed by atoms with Gasteiger partial charge in [0.2, 0.25) is 0 Å². The standard InChI is InChI=1S/C19H21N5O2/c1-2-22-11-8-14(12-17(22)25)19(26)23-9-5-6-15(13-23)18-21-20-16-7-3-4-10-24(16)18/h3-4,7-8,10-12,15H,2,5-6,9,13H2,1H3/t15-/m1/s1. The number of amides is 1. The molecule has 26 heavy (non-hydrogen) atoms. The molecule has 0 N–H and O–H groups in total. The van der Waals surface area contributed by atoms with Gasteiger partial charge >= 0.3 is 0 Å². The number of fused-ring (bicyclic) bond motifs is 1. The number of carbonyl (C=O) groups is 1. The predicted molar refractivity (Wildman–Crippen MR) is 97.2 cm³/mol. The van der Waals surface area contributed by atoms with Crippen LogP contribution in [0, 0.1) is 0 Å². The third kappa shape index (κ3) is 2.89. The molecule has 3 aromatic heterocycles. The highest BCUT2D eigenvalue weighted by Crippen LogP contribution is 2.26. The van der Waals surface area contributed by atoms with Crippen molar-refractivity contribution >= 4 is 11.6 Å². The summed E-state index contributed by atoms with van der Waals surface area (Å²) in [5.41, 5.74) is 1.12. The minimum atomic E-state index is -0.143. The Labute approximate surface area is 150 Å². The van der Waals surface area contributed by atoms with Crippen molar-refractivity contribution in [3.05, 3.63) is 64.5 Å². The molecule has 1 saturated heterocycles. The maximum Gasteiger partial charge on any atom is 0.254 e. The molecule has 1 fully saturated rings. The molecule has 7 heteroatoms. The van der Waals surface area contributed by atoms with Crippen LogP contribution >= 0.6 is 0 Å². The van der Waals surface area contributed by atoms with Gasteiger partial charge in [-0.15, -0.1) is 10.2 Å². The molecule has 0 bridgehead atoms. The van der Waals surface area contributed by atoms with Crippen LogP contribution in [0.5, 0.6) is 0 Å². The van der Waals surface area contributed by atoms with Crippen LogP contribution in [0.3, 0.4) is 0 Å². The van der Waals surface area contributed by atoms with Gasteiger partial charge in [-0.3, -0.25) is 14.0 Å². The summed E-state index contributed by atoms with van der Waals surface area (Å²) in [5.74, 6) is 0.935. The molecule has 1 aliphatic heterocycles. The van der Waals surface area contributed by atoms with Crippen LogP contribution < -0.4 is 5.56 Å². The van der Waals surface area contributed by atoms with Crippen molar-refractivity contribution in [2.24, 2.45) is 0 Å². The summed E-state index contributed by atoms with van der Waals surface area (Å²) in [6, 6.07) is 8.97. The van der Waals surface area contributed by atoms with Crippen LogP contribution in [-0.2, 0) is 6.54 Å². The van der Waals surface area contributed by atoms with Gasteiger partial charge in [0, 0.05) is 49.6 Å². The highest BCUT2D eigenvalue weighted by atomic mass is 16.2. The molecule has 0 aliphatic carbocycles. The molecule has 1 aliphatic rings. The molecule has 4 heterocycles. The molecular weight excluding hydrogens is 330 g/mol. The second-order valence-corrected chi connectivity index (χ2v) is 6.62. The number of aromatic nitrogens is 4. The normalized spacial score (nSPS) is 17.6. The van der Waals surface area contributed by atoms with E-state index in [-0.39, 0.29) is 17.4 Å². The summed E-state index contributed by atoms with van der Waals surface area (Å²) in [7, 11) is 0. The molecule has 0 aromatic carbocycles. The second-order valence-electron chi connectivity index (χ2n) is 6.62. The molecule has 0 saturated carbocycles. The van der Waals surface area contributed by atoms with Gasteiger partial charge in [0.15, 0.2) is 5.65 Å². The van der Waals surface area contributed by atoms with E-state index in [1.807, 2.05) is 40.6 Å². The van der Waals surface area contributed by atoms with Crippen molar-refractivity contribution < 1.29 is 4.79 Å². The monoisotopic (exact) mass is 351 g/mol. The molecule has 0 spiro atoms. The van der Waals surface area contributed by atoms with E-state index in [0.717, 1.165) is 24.3 Å². The predicted octanol–water partition coefficient (Wildman–Crippen LogP) is 1.93. The zero-order valence-electron chi connectivity index (χ0n) is 14.7. The molecule has 134 valence electrons. The van der Waals surface area contributed by atoms with Crippen LogP contribution in [0.4, 0.5) is 0 Å². The van der Waals surface area contributed by atoms with Gasteiger partial charge < -0.3 is 9.47 Å². The van der Waals surface area contributed by atoms with E-state index in [1.54, 1.807) is 16.8 Å². The van der Waals surface area contributed by atoms with Crippen LogP contribution in [0.2, 0.25) is 0 Å². The number of piperidine rings is 1. The van der Waals surface area contributed by atoms with E-state index >= 15 is 0 Å². The Morgan fingerprint density at radius 2 is 2.12 bits per heavy atom. The van der Waals surface area contributed by atoms with Gasteiger partial charge in [-0.1, -0.05) is 6.07 Å². The van der Waals surface area contributed by atoms with Gasteiger partial charge in [-0.2, -0.15) is 0 Å². The Morgan fingerprint density at radius 1 is 1.23 bits per heavy atom. The quantitative estimate of drug-likeness (QED) is 0.723. The fourth-order valence-electron chi connectivity index (χ4n) is 3.60. The summed E-state index contributed by atoms with van der Waals surface area (Å²) >= 11 is 0. The second kappa shape index (κ2) is 6.74. The van der Waals surface area contributed by atoms with Crippen molar-refractivity contribution in [3.8, 4) is 0 Å². The maximum atomic E-state index is 12.9. The number of rotatable bonds is 3. The molecule has 7 nitrogen and oxygen atoms in total. The number of aryl methyl sites for hydroxylation is 1. The van der Waals surface area contributed by atoms with Gasteiger partial charge in [0.1, 0.15) is 5.82 Å². The lowest BCUT2D eigenvalue weighted by Crippen LogP contribution is -2.40. The number of pyridine rings is 2. The van der Waals surface area contributed by atoms with E-state index in [0.29, 0.717) is 25.2 Å². The minimum Gasteiger partial charge on any atom is -0.338 e. The Hall–Kier alpha value is -2.96. The number of nitrogens with zero attached hydrogens (tertiary/aromatic N) is 5. The van der Waals surface area contributed by atoms with Crippen LogP contribution in [-0.4, -0.2) is 43.1 Å². The third-order valence-electron chi connectivity index (χ3n) is 5.00. The first kappa shape index (κ1) is 16.5. The fraction of sp³-hybridized carbons (Fsp3) is 0.368. The van der Waals surface area contributed by atoms with Gasteiger partial charge in [-0.05, 0) is 38.0 Å². The number of hydrogen-bond acceptors (Lipinski definition) is 4. The average molecular weight is 351 g/mol. The van der Waals surface area contributed by atoms with E-state index in [4.69, 9.17) is 0 Å². The van der Waals surface area contributed by atoms with E-state index in [9.17, 15) is 9.59 Å². The molecule has 1 atom stereocenters. The highest BCUT2D eigenvalue weighted by molar-refractivity contribution is 5.94. The molecule has 0 unspecified atom stereocenters. The zero-order valence-corrected chi connectivity index (χ0v) is 14.7. The van der Waals surface area contributed by atoms with Gasteiger partial charge in [0.05, 0.1) is 0 Å². The average Bonchev–Trinajstić information content (AvgIpc) is 3.11. The Bertz CT molecular complexity index is 1010. The first-order chi connectivity index (χ1) is 12.7. The fourth-order valence-corrected chi connectivity index (χ4v) is 3.60. The highest BCUT2D eigenvalue weighted by Gasteiger charge is 2.28. The Kier molecular flexibility index (Phi) is 4.28. The number of hydrogen-bond donors (Lipinski definition) is 0. The molecular formula is C19H21N5O2. The van der Waals surface area contributed by atoms with Gasteiger partial charge in [0.25, 0.3) is 11.5 Å². The van der Waals surface area contributed by atoms with E-state index < -0.39 is 0 Å². The van der Waals surface area contributed by atoms with Crippen molar-refractivity contribution in [1.29, 1.82) is 0 Å². The van der Waals surface area contributed by atoms with Gasteiger partial charge in [-0.25, -0.2) is 0 Å². The first-order valence-electron chi connectivity index (χ1n) is 8.97. The van der Waals surface area contributed by atoms with Crippen molar-refractivity contribution in [1.82, 2.24) is 24.1 Å². The topological polar surface area (TPSA) is 72.5 Å². The van der Waals surface area contributed by atoms with Crippen LogP contribution in [0.25, 0.3) is 5.65 Å². The smallest absolute Gasteiger partial charge is 0.254 e. The van der Waals surface area contributed by atoms with Crippen LogP contribution in [0.1, 0.15) is 41.9 Å². The third-order valence-corrected chi connectivity index (χ3v) is 5.00. The summed E-state index contributed by atoms with van der Waals surface area (Å²) in [6.07, 6.45) is 5.51. The summed E-state index contributed by atoms with van der Waals surface area (Å²) in [4.78, 5) is 26.7. The maximum absolute atomic E-state index is 12.9. The summed E-state index contributed by atoms with van der Waals surface area (Å²) in [5, 5.41) is 8.56. The van der Waals surface area contributed by atoms with E-state index in [2.05, 4.69) is 10.2 Å². The Morgan fingerprint density at radius 3 is 2.92 bits per heavy atom. The SMILES string of the molecule is CCn1ccc(C(=O)N2CCC[C@@H](c3nnc4ccccn34)C2)cc1=O. The lowest BCUT2D eigenvalue weighted by molar-refractivity contribution is 0.0703. The number of carbonyl (C=O) groups excluding carboxylic acids is 1. The van der Waals surface area contributed by atoms with Crippen molar-refractivity contribution in [2.75, 3.05) is 13.1 Å². The molecule has 4 rings (SSSR count). The molecule has 1 amide bonds. The zero-order chi connectivity index (χ0) is 18.1. The number of likely N-dealkylation sites (tertiary alicyclic amines) is 1. The van der Waals surface area contributed by atoms with Crippen molar-refractivity contribution in [3.63, 3.8) is 0 Å². The lowest BCUT2D eigenvalue weighted by Gasteiger charge is -2.32. The Balaban J connectivity index is 1.57.